The zero-order chi connectivity index (χ0) is 15.2. The van der Waals surface area contributed by atoms with Gasteiger partial charge in [0.1, 0.15) is 11.8 Å². The summed E-state index contributed by atoms with van der Waals surface area (Å²) in [6.45, 7) is 1.84. The van der Waals surface area contributed by atoms with E-state index in [-0.39, 0.29) is 36.2 Å². The molecule has 0 saturated carbocycles. The van der Waals surface area contributed by atoms with Crippen molar-refractivity contribution in [1.29, 1.82) is 0 Å². The first-order chi connectivity index (χ1) is 10.2. The summed E-state index contributed by atoms with van der Waals surface area (Å²) in [5, 5.41) is 6.23. The molecule has 2 heterocycles. The lowest BCUT2D eigenvalue weighted by atomic mass is 10.3. The first-order valence-electron chi connectivity index (χ1n) is 6.01. The Morgan fingerprint density at radius 3 is 2.90 bits per heavy atom. The molecule has 1 N–H and O–H groups in total. The van der Waals surface area contributed by atoms with Gasteiger partial charge in [-0.25, -0.2) is 19.7 Å². The van der Waals surface area contributed by atoms with Gasteiger partial charge in [-0.2, -0.15) is 5.10 Å². The van der Waals surface area contributed by atoms with E-state index < -0.39 is 11.9 Å². The molecule has 0 aromatic carbocycles. The van der Waals surface area contributed by atoms with Gasteiger partial charge in [0.25, 0.3) is 0 Å². The van der Waals surface area contributed by atoms with Crippen molar-refractivity contribution in [1.82, 2.24) is 15.2 Å². The number of esters is 2. The molecular weight excluding hydrogens is 282 g/mol. The molecule has 2 aromatic heterocycles. The molecule has 9 nitrogen and oxygen atoms in total. The maximum Gasteiger partial charge on any atom is 0.360 e. The minimum atomic E-state index is -0.612. The molecule has 0 fully saturated rings. The van der Waals surface area contributed by atoms with E-state index in [4.69, 9.17) is 13.9 Å². The zero-order valence-electron chi connectivity index (χ0n) is 11.4. The number of aromatic amines is 1. The van der Waals surface area contributed by atoms with Gasteiger partial charge in [0.2, 0.25) is 11.8 Å². The molecule has 0 aliphatic heterocycles. The average molecular weight is 295 g/mol. The number of aromatic nitrogens is 3. The summed E-state index contributed by atoms with van der Waals surface area (Å²) >= 11 is 0. The van der Waals surface area contributed by atoms with E-state index in [1.165, 1.54) is 13.3 Å². The number of hydrogen-bond donors (Lipinski definition) is 1. The normalized spacial score (nSPS) is 10.2. The van der Waals surface area contributed by atoms with Crippen LogP contribution in [-0.4, -0.2) is 40.8 Å². The average Bonchev–Trinajstić information content (AvgIpc) is 3.13. The molecule has 0 spiro atoms. The number of methoxy groups -OCH3 is 1. The lowest BCUT2D eigenvalue weighted by molar-refractivity contribution is 0.0519. The number of H-pyrrole nitrogens is 1. The summed E-state index contributed by atoms with van der Waals surface area (Å²) in [5.74, 6) is -0.881. The van der Waals surface area contributed by atoms with Crippen LogP contribution in [0.5, 0.6) is 5.88 Å². The second kappa shape index (κ2) is 6.55. The highest BCUT2D eigenvalue weighted by molar-refractivity contribution is 5.91. The number of rotatable bonds is 6. The molecule has 0 aliphatic rings. The molecule has 0 bridgehead atoms. The second-order valence-electron chi connectivity index (χ2n) is 3.74. The lowest BCUT2D eigenvalue weighted by Crippen LogP contribution is -2.07. The van der Waals surface area contributed by atoms with Crippen molar-refractivity contribution in [2.75, 3.05) is 13.7 Å². The maximum atomic E-state index is 11.6. The maximum absolute atomic E-state index is 11.6. The van der Waals surface area contributed by atoms with Crippen molar-refractivity contribution in [2.24, 2.45) is 0 Å². The highest BCUT2D eigenvalue weighted by Crippen LogP contribution is 2.17. The highest BCUT2D eigenvalue weighted by Gasteiger charge is 2.18. The Balaban J connectivity index is 2.00. The van der Waals surface area contributed by atoms with E-state index in [0.29, 0.717) is 0 Å². The Bertz CT molecular complexity index is 632. The number of carbonyl (C=O) groups excluding carboxylic acids is 2. The van der Waals surface area contributed by atoms with E-state index in [0.717, 1.165) is 6.26 Å². The molecule has 0 amide bonds. The van der Waals surface area contributed by atoms with Gasteiger partial charge in [-0.15, -0.1) is 0 Å². The predicted molar refractivity (Wildman–Crippen MR) is 66.7 cm³/mol. The highest BCUT2D eigenvalue weighted by atomic mass is 16.5. The minimum absolute atomic E-state index is 0.0336. The third kappa shape index (κ3) is 3.38. The van der Waals surface area contributed by atoms with Gasteiger partial charge in [-0.3, -0.25) is 0 Å². The van der Waals surface area contributed by atoms with Gasteiger partial charge in [0.15, 0.2) is 12.3 Å². The number of ether oxygens (including phenoxy) is 3. The van der Waals surface area contributed by atoms with Crippen LogP contribution < -0.4 is 4.74 Å². The van der Waals surface area contributed by atoms with E-state index >= 15 is 0 Å². The van der Waals surface area contributed by atoms with Crippen LogP contribution in [-0.2, 0) is 16.1 Å². The van der Waals surface area contributed by atoms with Crippen LogP contribution in [0.3, 0.4) is 0 Å². The summed E-state index contributed by atoms with van der Waals surface area (Å²) in [7, 11) is 1.24. The smallest absolute Gasteiger partial charge is 0.360 e. The van der Waals surface area contributed by atoms with Crippen LogP contribution in [0, 0.1) is 0 Å². The van der Waals surface area contributed by atoms with Crippen LogP contribution >= 0.6 is 0 Å². The summed E-state index contributed by atoms with van der Waals surface area (Å²) < 4.78 is 19.7. The molecule has 21 heavy (non-hydrogen) atoms. The first-order valence-corrected chi connectivity index (χ1v) is 6.01. The van der Waals surface area contributed by atoms with E-state index in [1.807, 2.05) is 0 Å². The topological polar surface area (TPSA) is 117 Å². The van der Waals surface area contributed by atoms with Gasteiger partial charge in [0.05, 0.1) is 19.9 Å². The zero-order valence-corrected chi connectivity index (χ0v) is 11.4. The monoisotopic (exact) mass is 295 g/mol. The quantitative estimate of drug-likeness (QED) is 0.782. The molecule has 2 aromatic rings. The largest absolute Gasteiger partial charge is 0.467 e. The van der Waals surface area contributed by atoms with E-state index in [9.17, 15) is 9.59 Å². The van der Waals surface area contributed by atoms with Crippen molar-refractivity contribution in [2.45, 2.75) is 13.5 Å². The van der Waals surface area contributed by atoms with Gasteiger partial charge < -0.3 is 18.6 Å². The van der Waals surface area contributed by atoms with Crippen LogP contribution in [0.2, 0.25) is 0 Å². The van der Waals surface area contributed by atoms with Crippen molar-refractivity contribution in [3.8, 4) is 5.88 Å². The first kappa shape index (κ1) is 14.6. The summed E-state index contributed by atoms with van der Waals surface area (Å²) in [6, 6.07) is 0. The fraction of sp³-hybridized carbons (Fsp3) is 0.333. The molecule has 0 atom stereocenters. The summed E-state index contributed by atoms with van der Waals surface area (Å²) in [6.07, 6.45) is 2.45. The molecule has 0 aliphatic carbocycles. The predicted octanol–water partition coefficient (Wildman–Crippen LogP) is 0.940. The van der Waals surface area contributed by atoms with Gasteiger partial charge in [-0.05, 0) is 6.92 Å². The van der Waals surface area contributed by atoms with Crippen LogP contribution in [0.25, 0.3) is 0 Å². The van der Waals surface area contributed by atoms with Crippen LogP contribution in [0.1, 0.15) is 33.7 Å². The molecule has 2 rings (SSSR count). The number of nitrogens with zero attached hydrogens (tertiary/aromatic N) is 2. The number of nitrogens with one attached hydrogen (secondary N) is 1. The molecule has 0 radical (unpaired) electrons. The molecule has 9 heteroatoms. The van der Waals surface area contributed by atoms with Crippen LogP contribution in [0.15, 0.2) is 16.9 Å². The van der Waals surface area contributed by atoms with Gasteiger partial charge in [-0.1, -0.05) is 0 Å². The Hall–Kier alpha value is -2.84. The fourth-order valence-electron chi connectivity index (χ4n) is 1.45. The number of carbonyl (C=O) groups is 2. The third-order valence-corrected chi connectivity index (χ3v) is 2.39. The van der Waals surface area contributed by atoms with Crippen molar-refractivity contribution in [3.63, 3.8) is 0 Å². The molecule has 0 unspecified atom stereocenters. The second-order valence-corrected chi connectivity index (χ2v) is 3.74. The third-order valence-electron chi connectivity index (χ3n) is 2.39. The van der Waals surface area contributed by atoms with Gasteiger partial charge in [0, 0.05) is 0 Å². The summed E-state index contributed by atoms with van der Waals surface area (Å²) in [4.78, 5) is 26.7. The number of oxazole rings is 1. The van der Waals surface area contributed by atoms with Crippen LogP contribution in [0.4, 0.5) is 0 Å². The van der Waals surface area contributed by atoms with Crippen molar-refractivity contribution in [3.05, 3.63) is 29.6 Å². The van der Waals surface area contributed by atoms with E-state index in [1.54, 1.807) is 6.92 Å². The van der Waals surface area contributed by atoms with E-state index in [2.05, 4.69) is 19.9 Å². The fourth-order valence-corrected chi connectivity index (χ4v) is 1.45. The van der Waals surface area contributed by atoms with Gasteiger partial charge >= 0.3 is 11.9 Å². The minimum Gasteiger partial charge on any atom is -0.467 e. The molecule has 112 valence electrons. The Labute approximate surface area is 119 Å². The molecular formula is C12H13N3O6. The Morgan fingerprint density at radius 2 is 2.19 bits per heavy atom. The SMILES string of the molecule is CCOC(=O)c1cn[nH]c1OCc1nc(C(=O)OC)co1. The van der Waals surface area contributed by atoms with Crippen molar-refractivity contribution >= 4 is 11.9 Å². The Kier molecular flexibility index (Phi) is 4.54. The lowest BCUT2D eigenvalue weighted by Gasteiger charge is -2.03. The van der Waals surface area contributed by atoms with Crippen molar-refractivity contribution < 1.29 is 28.2 Å². The molecule has 0 saturated heterocycles. The number of hydrogen-bond acceptors (Lipinski definition) is 8. The summed E-state index contributed by atoms with van der Waals surface area (Å²) in [5.41, 5.74) is 0.197. The Morgan fingerprint density at radius 1 is 1.38 bits per heavy atom. The standard InChI is InChI=1S/C12H13N3O6/c1-3-19-11(16)7-4-13-15-10(7)21-6-9-14-8(5-20-9)12(17)18-2/h4-5H,3,6H2,1-2H3,(H,13,15).